The molecule has 0 saturated carbocycles. The van der Waals surface area contributed by atoms with Crippen LogP contribution in [-0.2, 0) is 4.79 Å². The topological polar surface area (TPSA) is 75.6 Å². The van der Waals surface area contributed by atoms with E-state index in [-0.39, 0.29) is 12.5 Å². The Bertz CT molecular complexity index is 790. The molecule has 0 radical (unpaired) electrons. The number of carbonyl (C=O) groups excluding carboxylic acids is 1. The maximum atomic E-state index is 11.6. The fourth-order valence-corrected chi connectivity index (χ4v) is 3.28. The molecule has 1 unspecified atom stereocenters. The van der Waals surface area contributed by atoms with E-state index in [0.29, 0.717) is 18.5 Å². The molecule has 144 valence electrons. The van der Waals surface area contributed by atoms with Crippen LogP contribution in [0.15, 0.2) is 40.9 Å². The summed E-state index contributed by atoms with van der Waals surface area (Å²) in [5.74, 6) is -0.0185. The van der Waals surface area contributed by atoms with Gasteiger partial charge < -0.3 is 15.2 Å². The average molecular weight is 434 g/mol. The normalized spacial score (nSPS) is 11.8. The third-order valence-corrected chi connectivity index (χ3v) is 5.27. The monoisotopic (exact) mass is 433 g/mol. The summed E-state index contributed by atoms with van der Waals surface area (Å²) in [6.07, 6.45) is 2.37. The molecule has 0 aliphatic heterocycles. The number of carbonyl (C=O) groups is 2. The molecule has 0 aliphatic carbocycles. The molecular weight excluding hydrogens is 410 g/mol. The van der Waals surface area contributed by atoms with Gasteiger partial charge in [-0.3, -0.25) is 9.59 Å². The van der Waals surface area contributed by atoms with Crippen LogP contribution in [0.1, 0.15) is 52.4 Å². The van der Waals surface area contributed by atoms with Crippen LogP contribution in [0.25, 0.3) is 0 Å². The van der Waals surface area contributed by atoms with E-state index in [1.807, 2.05) is 43.3 Å². The van der Waals surface area contributed by atoms with Gasteiger partial charge in [0.05, 0.1) is 13.2 Å². The van der Waals surface area contributed by atoms with Gasteiger partial charge in [-0.2, -0.15) is 0 Å². The second-order valence-electron chi connectivity index (χ2n) is 6.36. The molecule has 0 amide bonds. The average Bonchev–Trinajstić information content (AvgIpc) is 2.66. The molecule has 0 saturated heterocycles. The number of carboxylic acids is 1. The number of aldehydes is 1. The smallest absolute Gasteiger partial charge is 0.303 e. The first-order chi connectivity index (χ1) is 13.0. The van der Waals surface area contributed by atoms with Crippen LogP contribution in [0.4, 0.5) is 0 Å². The number of unbranched alkanes of at least 4 members (excludes halogenated alkanes) is 1. The lowest BCUT2D eigenvalue weighted by molar-refractivity contribution is -0.137. The lowest BCUT2D eigenvalue weighted by Gasteiger charge is -2.22. The van der Waals surface area contributed by atoms with E-state index in [4.69, 9.17) is 9.84 Å². The second-order valence-corrected chi connectivity index (χ2v) is 7.21. The number of nitrogens with one attached hydrogen (secondary N) is 1. The highest BCUT2D eigenvalue weighted by atomic mass is 79.9. The van der Waals surface area contributed by atoms with E-state index in [9.17, 15) is 9.59 Å². The maximum absolute atomic E-state index is 11.6. The zero-order valence-corrected chi connectivity index (χ0v) is 17.1. The molecule has 2 N–H and O–H groups in total. The van der Waals surface area contributed by atoms with Gasteiger partial charge in [-0.05, 0) is 61.2 Å². The highest BCUT2D eigenvalue weighted by Gasteiger charge is 2.18. The maximum Gasteiger partial charge on any atom is 0.303 e. The van der Waals surface area contributed by atoms with Crippen molar-refractivity contribution in [2.75, 3.05) is 13.7 Å². The lowest BCUT2D eigenvalue weighted by atomic mass is 9.93. The van der Waals surface area contributed by atoms with Crippen LogP contribution >= 0.6 is 15.9 Å². The van der Waals surface area contributed by atoms with Crippen molar-refractivity contribution < 1.29 is 19.4 Å². The Balaban J connectivity index is 2.30. The number of aliphatic carboxylic acids is 1. The Labute approximate surface area is 167 Å². The van der Waals surface area contributed by atoms with E-state index in [0.717, 1.165) is 39.6 Å². The van der Waals surface area contributed by atoms with Crippen molar-refractivity contribution in [2.24, 2.45) is 0 Å². The summed E-state index contributed by atoms with van der Waals surface area (Å²) in [7, 11) is 1.62. The van der Waals surface area contributed by atoms with Gasteiger partial charge >= 0.3 is 5.97 Å². The molecule has 6 heteroatoms. The first-order valence-electron chi connectivity index (χ1n) is 8.80. The van der Waals surface area contributed by atoms with Crippen molar-refractivity contribution in [1.29, 1.82) is 0 Å². The van der Waals surface area contributed by atoms with Gasteiger partial charge in [0, 0.05) is 16.5 Å². The van der Waals surface area contributed by atoms with Crippen molar-refractivity contribution in [3.05, 3.63) is 63.1 Å². The molecule has 0 bridgehead atoms. The minimum absolute atomic E-state index is 0.159. The predicted molar refractivity (Wildman–Crippen MR) is 109 cm³/mol. The first-order valence-corrected chi connectivity index (χ1v) is 9.60. The number of methoxy groups -OCH3 is 1. The summed E-state index contributed by atoms with van der Waals surface area (Å²) in [5.41, 5.74) is 3.57. The summed E-state index contributed by atoms with van der Waals surface area (Å²) in [6.45, 7) is 2.64. The SMILES string of the molecule is COc1ccc(C(NCCCCC(=O)O)c2cc(C)c(Br)cc2C=O)cc1. The van der Waals surface area contributed by atoms with Crippen LogP contribution in [0.3, 0.4) is 0 Å². The molecular formula is C21H24BrNO4. The van der Waals surface area contributed by atoms with E-state index >= 15 is 0 Å². The zero-order chi connectivity index (χ0) is 19.8. The van der Waals surface area contributed by atoms with Crippen molar-refractivity contribution in [1.82, 2.24) is 5.32 Å². The number of hydrogen-bond acceptors (Lipinski definition) is 4. The van der Waals surface area contributed by atoms with Crippen LogP contribution < -0.4 is 10.1 Å². The van der Waals surface area contributed by atoms with E-state index in [1.54, 1.807) is 7.11 Å². The van der Waals surface area contributed by atoms with Crippen molar-refractivity contribution >= 4 is 28.2 Å². The summed E-state index contributed by atoms with van der Waals surface area (Å²) in [5, 5.41) is 12.3. The van der Waals surface area contributed by atoms with Gasteiger partial charge in [0.2, 0.25) is 0 Å². The molecule has 1 atom stereocenters. The zero-order valence-electron chi connectivity index (χ0n) is 15.5. The number of halogens is 1. The molecule has 0 fully saturated rings. The number of ether oxygens (including phenoxy) is 1. The minimum atomic E-state index is -0.784. The molecule has 5 nitrogen and oxygen atoms in total. The Morgan fingerprint density at radius 2 is 1.96 bits per heavy atom. The van der Waals surface area contributed by atoms with Crippen molar-refractivity contribution in [3.8, 4) is 5.75 Å². The Morgan fingerprint density at radius 3 is 2.56 bits per heavy atom. The van der Waals surface area contributed by atoms with Crippen molar-refractivity contribution in [3.63, 3.8) is 0 Å². The number of benzene rings is 2. The number of hydrogen-bond donors (Lipinski definition) is 2. The molecule has 0 aliphatic rings. The minimum Gasteiger partial charge on any atom is -0.497 e. The summed E-state index contributed by atoms with van der Waals surface area (Å²) in [6, 6.07) is 11.4. The van der Waals surface area contributed by atoms with Crippen LogP contribution in [0.5, 0.6) is 5.75 Å². The lowest BCUT2D eigenvalue weighted by Crippen LogP contribution is -2.25. The van der Waals surface area contributed by atoms with Crippen LogP contribution in [0, 0.1) is 6.92 Å². The number of aryl methyl sites for hydroxylation is 1. The second kappa shape index (κ2) is 10.2. The van der Waals surface area contributed by atoms with Gasteiger partial charge in [0.25, 0.3) is 0 Å². The predicted octanol–water partition coefficient (Wildman–Crippen LogP) is 4.51. The third-order valence-electron chi connectivity index (χ3n) is 4.42. The largest absolute Gasteiger partial charge is 0.497 e. The molecule has 2 aromatic carbocycles. The van der Waals surface area contributed by atoms with E-state index in [2.05, 4.69) is 21.2 Å². The summed E-state index contributed by atoms with van der Waals surface area (Å²) >= 11 is 3.48. The highest BCUT2D eigenvalue weighted by molar-refractivity contribution is 9.10. The van der Waals surface area contributed by atoms with Crippen LogP contribution in [-0.4, -0.2) is 31.0 Å². The highest BCUT2D eigenvalue weighted by Crippen LogP contribution is 2.30. The summed E-state index contributed by atoms with van der Waals surface area (Å²) < 4.78 is 6.12. The standard InChI is InChI=1S/C21H24BrNO4/c1-14-11-18(16(13-24)12-19(14)22)21(23-10-4-3-5-20(25)26)15-6-8-17(27-2)9-7-15/h6-9,11-13,21,23H,3-5,10H2,1-2H3,(H,25,26). The van der Waals surface area contributed by atoms with E-state index in [1.165, 1.54) is 0 Å². The Kier molecular flexibility index (Phi) is 8.00. The fraction of sp³-hybridized carbons (Fsp3) is 0.333. The quantitative estimate of drug-likeness (QED) is 0.425. The first kappa shape index (κ1) is 21.1. The Morgan fingerprint density at radius 1 is 1.26 bits per heavy atom. The fourth-order valence-electron chi connectivity index (χ4n) is 2.92. The van der Waals surface area contributed by atoms with Gasteiger partial charge in [0.15, 0.2) is 0 Å². The molecule has 27 heavy (non-hydrogen) atoms. The van der Waals surface area contributed by atoms with Crippen LogP contribution in [0.2, 0.25) is 0 Å². The van der Waals surface area contributed by atoms with Crippen molar-refractivity contribution in [2.45, 2.75) is 32.2 Å². The van der Waals surface area contributed by atoms with Gasteiger partial charge in [0.1, 0.15) is 12.0 Å². The van der Waals surface area contributed by atoms with Gasteiger partial charge in [-0.25, -0.2) is 0 Å². The third kappa shape index (κ3) is 5.91. The van der Waals surface area contributed by atoms with Gasteiger partial charge in [-0.1, -0.05) is 34.1 Å². The number of rotatable bonds is 10. The Hall–Kier alpha value is -2.18. The summed E-state index contributed by atoms with van der Waals surface area (Å²) in [4.78, 5) is 22.3. The molecule has 2 aromatic rings. The molecule has 0 aromatic heterocycles. The molecule has 2 rings (SSSR count). The van der Waals surface area contributed by atoms with E-state index < -0.39 is 5.97 Å². The molecule has 0 heterocycles. The van der Waals surface area contributed by atoms with Gasteiger partial charge in [-0.15, -0.1) is 0 Å². The molecule has 0 spiro atoms. The number of carboxylic acid groups (broad SMARTS) is 1.